The summed E-state index contributed by atoms with van der Waals surface area (Å²) in [5.41, 5.74) is 1.02. The number of quaternary nitrogens is 1. The van der Waals surface area contributed by atoms with Crippen molar-refractivity contribution in [2.75, 3.05) is 39.4 Å². The maximum absolute atomic E-state index is 13.0. The highest BCUT2D eigenvalue weighted by atomic mass is 32.2. The monoisotopic (exact) mass is 428 g/mol. The molecule has 0 spiro atoms. The van der Waals surface area contributed by atoms with Crippen LogP contribution in [0.1, 0.15) is 18.5 Å². The van der Waals surface area contributed by atoms with Gasteiger partial charge in [-0.2, -0.15) is 0 Å². The van der Waals surface area contributed by atoms with Crippen molar-refractivity contribution in [1.82, 2.24) is 19.9 Å². The zero-order chi connectivity index (χ0) is 20.3. The van der Waals surface area contributed by atoms with Crippen LogP contribution in [0.15, 0.2) is 41.4 Å². The SMILES string of the molecule is O=C([C@H]1C[NH+]2CC[C@H]1C[C@@H]2Cn1cc(CSc2ccccc2)nn1)N1CCOCC1. The van der Waals surface area contributed by atoms with Crippen molar-refractivity contribution >= 4 is 17.7 Å². The Morgan fingerprint density at radius 2 is 2.07 bits per heavy atom. The Labute approximate surface area is 181 Å². The molecular weight excluding hydrogens is 398 g/mol. The van der Waals surface area contributed by atoms with Gasteiger partial charge in [-0.1, -0.05) is 23.4 Å². The van der Waals surface area contributed by atoms with Crippen LogP contribution in [-0.2, 0) is 21.8 Å². The van der Waals surface area contributed by atoms with Gasteiger partial charge in [0.1, 0.15) is 6.04 Å². The second-order valence-corrected chi connectivity index (χ2v) is 9.72. The van der Waals surface area contributed by atoms with Crippen LogP contribution < -0.4 is 4.90 Å². The van der Waals surface area contributed by atoms with Crippen molar-refractivity contribution in [2.24, 2.45) is 11.8 Å². The lowest BCUT2D eigenvalue weighted by atomic mass is 9.75. The Kier molecular flexibility index (Phi) is 6.06. The minimum Gasteiger partial charge on any atom is -0.378 e. The van der Waals surface area contributed by atoms with Gasteiger partial charge < -0.3 is 14.5 Å². The number of rotatable bonds is 6. The predicted molar refractivity (Wildman–Crippen MR) is 114 cm³/mol. The highest BCUT2D eigenvalue weighted by molar-refractivity contribution is 7.98. The van der Waals surface area contributed by atoms with E-state index in [1.54, 1.807) is 16.7 Å². The van der Waals surface area contributed by atoms with E-state index in [1.165, 1.54) is 17.9 Å². The quantitative estimate of drug-likeness (QED) is 0.687. The second-order valence-electron chi connectivity index (χ2n) is 8.67. The van der Waals surface area contributed by atoms with E-state index < -0.39 is 0 Å². The van der Waals surface area contributed by atoms with E-state index in [-0.39, 0.29) is 5.92 Å². The third-order valence-electron chi connectivity index (χ3n) is 6.82. The van der Waals surface area contributed by atoms with Crippen molar-refractivity contribution in [3.63, 3.8) is 0 Å². The molecule has 160 valence electrons. The van der Waals surface area contributed by atoms with E-state index in [4.69, 9.17) is 4.74 Å². The largest absolute Gasteiger partial charge is 0.378 e. The number of thioether (sulfide) groups is 1. The summed E-state index contributed by atoms with van der Waals surface area (Å²) in [7, 11) is 0. The average molecular weight is 429 g/mol. The Bertz CT molecular complexity index is 854. The number of hydrogen-bond acceptors (Lipinski definition) is 5. The van der Waals surface area contributed by atoms with Crippen LogP contribution in [0.25, 0.3) is 0 Å². The topological polar surface area (TPSA) is 64.7 Å². The van der Waals surface area contributed by atoms with Gasteiger partial charge in [0.15, 0.2) is 0 Å². The molecule has 2 aromatic rings. The first-order valence-corrected chi connectivity index (χ1v) is 12.0. The number of nitrogens with one attached hydrogen (secondary N) is 1. The number of carbonyl (C=O) groups is 1. The number of benzene rings is 1. The van der Waals surface area contributed by atoms with Gasteiger partial charge in [0.2, 0.25) is 5.91 Å². The molecule has 8 heteroatoms. The average Bonchev–Trinajstić information content (AvgIpc) is 3.26. The van der Waals surface area contributed by atoms with Crippen LogP contribution >= 0.6 is 11.8 Å². The number of fused-ring (bicyclic) bond motifs is 3. The number of aromatic nitrogens is 3. The number of amides is 1. The van der Waals surface area contributed by atoms with E-state index in [9.17, 15) is 4.79 Å². The molecular formula is C22H30N5O2S+. The van der Waals surface area contributed by atoms with Crippen molar-refractivity contribution in [3.05, 3.63) is 42.2 Å². The maximum Gasteiger partial charge on any atom is 0.231 e. The normalized spacial score (nSPS) is 28.6. The fourth-order valence-corrected chi connectivity index (χ4v) is 6.01. The van der Waals surface area contributed by atoms with Crippen molar-refractivity contribution in [2.45, 2.75) is 36.1 Å². The van der Waals surface area contributed by atoms with Gasteiger partial charge in [-0.05, 0) is 18.1 Å². The van der Waals surface area contributed by atoms with Crippen LogP contribution in [0.4, 0.5) is 0 Å². The Hall–Kier alpha value is -1.90. The molecule has 4 fully saturated rings. The van der Waals surface area contributed by atoms with E-state index in [2.05, 4.69) is 40.8 Å². The summed E-state index contributed by atoms with van der Waals surface area (Å²) >= 11 is 1.79. The highest BCUT2D eigenvalue weighted by Crippen LogP contribution is 2.29. The predicted octanol–water partition coefficient (Wildman–Crippen LogP) is 0.723. The van der Waals surface area contributed by atoms with Gasteiger partial charge in [0.25, 0.3) is 0 Å². The van der Waals surface area contributed by atoms with Gasteiger partial charge in [0.05, 0.1) is 44.5 Å². The third-order valence-corrected chi connectivity index (χ3v) is 7.86. The molecule has 0 radical (unpaired) electrons. The van der Waals surface area contributed by atoms with Gasteiger partial charge >= 0.3 is 0 Å². The standard InChI is InChI=1S/C22H29N5O2S/c28-22(25-8-10-29-11-9-25)21-15-26-7-6-17(21)12-19(26)14-27-13-18(23-24-27)16-30-20-4-2-1-3-5-20/h1-5,13,17,19,21H,6-12,14-16H2/p+1/t17-,19+,21-/m0/s1. The van der Waals surface area contributed by atoms with E-state index >= 15 is 0 Å². The summed E-state index contributed by atoms with van der Waals surface area (Å²) in [6, 6.07) is 10.9. The lowest BCUT2D eigenvalue weighted by molar-refractivity contribution is -0.945. The van der Waals surface area contributed by atoms with Crippen LogP contribution in [0.5, 0.6) is 0 Å². The van der Waals surface area contributed by atoms with E-state index in [0.717, 1.165) is 44.0 Å². The number of nitrogens with zero attached hydrogens (tertiary/aromatic N) is 4. The minimum atomic E-state index is 0.191. The summed E-state index contributed by atoms with van der Waals surface area (Å²) in [6.45, 7) is 5.91. The van der Waals surface area contributed by atoms with Crippen molar-refractivity contribution in [3.8, 4) is 0 Å². The summed E-state index contributed by atoms with van der Waals surface area (Å²) < 4.78 is 7.42. The minimum absolute atomic E-state index is 0.191. The Balaban J connectivity index is 1.16. The molecule has 2 bridgehead atoms. The van der Waals surface area contributed by atoms with Crippen LogP contribution in [0, 0.1) is 11.8 Å². The van der Waals surface area contributed by atoms with Crippen LogP contribution in [0.3, 0.4) is 0 Å². The summed E-state index contributed by atoms with van der Waals surface area (Å²) in [4.78, 5) is 17.9. The Morgan fingerprint density at radius 3 is 2.83 bits per heavy atom. The molecule has 4 atom stereocenters. The summed E-state index contributed by atoms with van der Waals surface area (Å²) in [6.07, 6.45) is 4.38. The van der Waals surface area contributed by atoms with Gasteiger partial charge in [-0.25, -0.2) is 4.68 Å². The highest BCUT2D eigenvalue weighted by Gasteiger charge is 2.47. The number of morpholine rings is 1. The maximum atomic E-state index is 13.0. The molecule has 4 aliphatic rings. The zero-order valence-electron chi connectivity index (χ0n) is 17.3. The number of carbonyl (C=O) groups excluding carboxylic acids is 1. The lowest BCUT2D eigenvalue weighted by Gasteiger charge is -2.47. The molecule has 4 saturated heterocycles. The van der Waals surface area contributed by atoms with E-state index in [0.29, 0.717) is 31.1 Å². The zero-order valence-corrected chi connectivity index (χ0v) is 18.1. The molecule has 30 heavy (non-hydrogen) atoms. The molecule has 1 aromatic carbocycles. The smallest absolute Gasteiger partial charge is 0.231 e. The number of ether oxygens (including phenoxy) is 1. The van der Waals surface area contributed by atoms with Crippen molar-refractivity contribution < 1.29 is 14.4 Å². The summed E-state index contributed by atoms with van der Waals surface area (Å²) in [5, 5.41) is 8.76. The lowest BCUT2D eigenvalue weighted by Crippen LogP contribution is -3.20. The first kappa shape index (κ1) is 20.0. The fourth-order valence-electron chi connectivity index (χ4n) is 5.21. The first-order valence-electron chi connectivity index (χ1n) is 11.0. The molecule has 6 rings (SSSR count). The molecule has 1 amide bonds. The van der Waals surface area contributed by atoms with Crippen molar-refractivity contribution in [1.29, 1.82) is 0 Å². The third kappa shape index (κ3) is 4.40. The molecule has 1 N–H and O–H groups in total. The Morgan fingerprint density at radius 1 is 1.23 bits per heavy atom. The first-order chi connectivity index (χ1) is 14.8. The van der Waals surface area contributed by atoms with Gasteiger partial charge in [-0.3, -0.25) is 4.79 Å². The van der Waals surface area contributed by atoms with Gasteiger partial charge in [-0.15, -0.1) is 16.9 Å². The number of hydrogen-bond donors (Lipinski definition) is 1. The molecule has 1 aromatic heterocycles. The molecule has 4 aliphatic heterocycles. The van der Waals surface area contributed by atoms with Crippen LogP contribution in [-0.4, -0.2) is 71.2 Å². The van der Waals surface area contributed by atoms with Gasteiger partial charge in [0, 0.05) is 42.8 Å². The molecule has 7 nitrogen and oxygen atoms in total. The van der Waals surface area contributed by atoms with Crippen LogP contribution in [0.2, 0.25) is 0 Å². The summed E-state index contributed by atoms with van der Waals surface area (Å²) in [5.74, 6) is 1.90. The fraction of sp³-hybridized carbons (Fsp3) is 0.591. The second kappa shape index (κ2) is 9.08. The molecule has 0 saturated carbocycles. The van der Waals surface area contributed by atoms with E-state index in [1.807, 2.05) is 15.6 Å². The molecule has 1 unspecified atom stereocenters. The molecule has 0 aliphatic carbocycles. The number of piperidine rings is 3. The molecule has 5 heterocycles.